The van der Waals surface area contributed by atoms with E-state index in [2.05, 4.69) is 42.4 Å². The number of aryl methyl sites for hydroxylation is 2. The van der Waals surface area contributed by atoms with Crippen molar-refractivity contribution in [2.45, 2.75) is 33.9 Å². The van der Waals surface area contributed by atoms with E-state index in [0.29, 0.717) is 31.0 Å². The highest BCUT2D eigenvalue weighted by molar-refractivity contribution is 5.99. The molecule has 6 aromatic heterocycles. The number of rotatable bonds is 7. The van der Waals surface area contributed by atoms with E-state index < -0.39 is 5.91 Å². The molecule has 0 aliphatic heterocycles. The van der Waals surface area contributed by atoms with Crippen LogP contribution in [0.25, 0.3) is 33.4 Å². The fraction of sp³-hybridized carbons (Fsp3) is 0.167. The topological polar surface area (TPSA) is 142 Å². The van der Waals surface area contributed by atoms with Crippen LogP contribution < -0.4 is 11.1 Å². The molecule has 0 bridgehead atoms. The van der Waals surface area contributed by atoms with Gasteiger partial charge in [0.2, 0.25) is 0 Å². The van der Waals surface area contributed by atoms with Crippen LogP contribution in [0.5, 0.6) is 0 Å². The number of primary amides is 1. The Kier molecular flexibility index (Phi) is 7.89. The van der Waals surface area contributed by atoms with Gasteiger partial charge in [-0.3, -0.25) is 18.4 Å². The quantitative estimate of drug-likeness (QED) is 0.254. The Bertz CT molecular complexity index is 2440. The van der Waals surface area contributed by atoms with Gasteiger partial charge in [0.05, 0.1) is 22.1 Å². The summed E-state index contributed by atoms with van der Waals surface area (Å²) >= 11 is 0. The summed E-state index contributed by atoms with van der Waals surface area (Å²) in [5.41, 5.74) is 14.2. The summed E-state index contributed by atoms with van der Waals surface area (Å²) in [6, 6.07) is 31.6. The maximum absolute atomic E-state index is 12.6. The van der Waals surface area contributed by atoms with Gasteiger partial charge in [0.1, 0.15) is 23.0 Å². The Morgan fingerprint density at radius 3 is 1.54 bits per heavy atom. The van der Waals surface area contributed by atoms with Gasteiger partial charge in [0.25, 0.3) is 11.8 Å². The summed E-state index contributed by atoms with van der Waals surface area (Å²) in [6.07, 6.45) is 0. The van der Waals surface area contributed by atoms with Crippen LogP contribution in [-0.2, 0) is 13.1 Å². The predicted molar refractivity (Wildman–Crippen MR) is 184 cm³/mol. The van der Waals surface area contributed by atoms with Crippen LogP contribution >= 0.6 is 0 Å². The van der Waals surface area contributed by atoms with Crippen molar-refractivity contribution >= 4 is 45.2 Å². The van der Waals surface area contributed by atoms with Gasteiger partial charge >= 0.3 is 0 Å². The van der Waals surface area contributed by atoms with E-state index in [4.69, 9.17) is 5.73 Å². The number of amides is 2. The first kappa shape index (κ1) is 30.4. The van der Waals surface area contributed by atoms with Crippen LogP contribution in [0.4, 0.5) is 0 Å². The molecular formula is C36H34N10O2. The van der Waals surface area contributed by atoms with Crippen molar-refractivity contribution in [2.75, 3.05) is 6.54 Å². The SMILES string of the molecule is CCNC(=O)c1cc2c(ccc3nnc(C)n32)n1Cc1ccccc1.Cc1nnc2ccc3c(cc(C(N)=O)n3Cc3ccccc3)n12. The Morgan fingerprint density at radius 1 is 0.625 bits per heavy atom. The molecule has 6 heterocycles. The van der Waals surface area contributed by atoms with E-state index in [1.807, 2.05) is 119 Å². The molecule has 0 fully saturated rings. The first-order valence-electron chi connectivity index (χ1n) is 15.7. The lowest BCUT2D eigenvalue weighted by Crippen LogP contribution is -2.25. The average Bonchev–Trinajstić information content (AvgIpc) is 3.86. The fourth-order valence-corrected chi connectivity index (χ4v) is 6.20. The molecule has 0 radical (unpaired) electrons. The number of pyridine rings is 2. The largest absolute Gasteiger partial charge is 0.364 e. The van der Waals surface area contributed by atoms with Gasteiger partial charge in [-0.15, -0.1) is 20.4 Å². The van der Waals surface area contributed by atoms with Gasteiger partial charge in [-0.05, 0) is 68.3 Å². The predicted octanol–water partition coefficient (Wildman–Crippen LogP) is 4.93. The lowest BCUT2D eigenvalue weighted by Gasteiger charge is -2.11. The number of aromatic nitrogens is 8. The zero-order chi connectivity index (χ0) is 33.4. The minimum Gasteiger partial charge on any atom is -0.364 e. The number of nitrogens with one attached hydrogen (secondary N) is 1. The van der Waals surface area contributed by atoms with E-state index in [0.717, 1.165) is 56.1 Å². The zero-order valence-corrected chi connectivity index (χ0v) is 26.8. The third-order valence-corrected chi connectivity index (χ3v) is 8.39. The minimum absolute atomic E-state index is 0.0755. The standard InChI is InChI=1S/C19H19N5O.C17H15N5O/c1-3-20-19(25)17-11-16-15(9-10-18-22-21-13(2)24(16)18)23(17)12-14-7-5-4-6-8-14;1-11-19-20-16-8-7-13-14(22(11)16)9-15(17(18)23)21(13)10-12-5-3-2-4-6-12/h4-11H,3,12H2,1-2H3,(H,20,25);2-9H,10H2,1H3,(H2,18,23). The Labute approximate surface area is 275 Å². The fourth-order valence-electron chi connectivity index (χ4n) is 6.20. The monoisotopic (exact) mass is 638 g/mol. The van der Waals surface area contributed by atoms with E-state index >= 15 is 0 Å². The van der Waals surface area contributed by atoms with Gasteiger partial charge in [0, 0.05) is 19.6 Å². The summed E-state index contributed by atoms with van der Waals surface area (Å²) < 4.78 is 7.91. The molecule has 0 saturated carbocycles. The Morgan fingerprint density at radius 2 is 1.08 bits per heavy atom. The smallest absolute Gasteiger partial charge is 0.268 e. The number of carbonyl (C=O) groups excluding carboxylic acids is 2. The van der Waals surface area contributed by atoms with Gasteiger partial charge in [-0.1, -0.05) is 60.7 Å². The first-order chi connectivity index (χ1) is 23.3. The molecule has 0 saturated heterocycles. The molecule has 3 N–H and O–H groups in total. The molecule has 8 aromatic rings. The summed E-state index contributed by atoms with van der Waals surface area (Å²) in [5, 5.41) is 19.5. The van der Waals surface area contributed by atoms with Crippen LogP contribution in [0, 0.1) is 13.8 Å². The maximum Gasteiger partial charge on any atom is 0.268 e. The highest BCUT2D eigenvalue weighted by Crippen LogP contribution is 2.25. The Balaban J connectivity index is 0.000000152. The molecule has 0 atom stereocenters. The van der Waals surface area contributed by atoms with Crippen molar-refractivity contribution in [3.05, 3.63) is 131 Å². The number of hydrogen-bond acceptors (Lipinski definition) is 6. The molecule has 48 heavy (non-hydrogen) atoms. The molecule has 12 heteroatoms. The van der Waals surface area contributed by atoms with Crippen molar-refractivity contribution in [3.63, 3.8) is 0 Å². The molecule has 12 nitrogen and oxygen atoms in total. The molecule has 8 rings (SSSR count). The van der Waals surface area contributed by atoms with Crippen LogP contribution in [0.1, 0.15) is 50.7 Å². The summed E-state index contributed by atoms with van der Waals surface area (Å²) in [4.78, 5) is 24.5. The summed E-state index contributed by atoms with van der Waals surface area (Å²) in [6.45, 7) is 7.52. The van der Waals surface area contributed by atoms with Crippen LogP contribution in [0.2, 0.25) is 0 Å². The molecule has 2 amide bonds. The number of benzene rings is 2. The zero-order valence-electron chi connectivity index (χ0n) is 26.8. The van der Waals surface area contributed by atoms with E-state index in [9.17, 15) is 9.59 Å². The molecular weight excluding hydrogens is 604 g/mol. The van der Waals surface area contributed by atoms with Gasteiger partial charge in [-0.2, -0.15) is 0 Å². The van der Waals surface area contributed by atoms with Crippen molar-refractivity contribution in [1.82, 2.24) is 43.6 Å². The van der Waals surface area contributed by atoms with Crippen LogP contribution in [0.3, 0.4) is 0 Å². The summed E-state index contributed by atoms with van der Waals surface area (Å²) in [5.74, 6) is 1.06. The number of nitrogens with two attached hydrogens (primary N) is 1. The van der Waals surface area contributed by atoms with Crippen molar-refractivity contribution in [3.8, 4) is 0 Å². The van der Waals surface area contributed by atoms with Crippen molar-refractivity contribution in [1.29, 1.82) is 0 Å². The lowest BCUT2D eigenvalue weighted by molar-refractivity contribution is 0.0946. The van der Waals surface area contributed by atoms with Crippen molar-refractivity contribution in [2.24, 2.45) is 5.73 Å². The molecule has 0 spiro atoms. The second-order valence-corrected chi connectivity index (χ2v) is 11.5. The molecule has 240 valence electrons. The molecule has 2 aromatic carbocycles. The second-order valence-electron chi connectivity index (χ2n) is 11.5. The first-order valence-corrected chi connectivity index (χ1v) is 15.7. The maximum atomic E-state index is 12.6. The number of carbonyl (C=O) groups is 2. The minimum atomic E-state index is -0.448. The number of hydrogen-bond donors (Lipinski definition) is 2. The average molecular weight is 639 g/mol. The number of fused-ring (bicyclic) bond motifs is 6. The highest BCUT2D eigenvalue weighted by Gasteiger charge is 2.19. The lowest BCUT2D eigenvalue weighted by atomic mass is 10.2. The molecule has 0 aliphatic rings. The van der Waals surface area contributed by atoms with Crippen LogP contribution in [0.15, 0.2) is 97.1 Å². The summed E-state index contributed by atoms with van der Waals surface area (Å²) in [7, 11) is 0. The van der Waals surface area contributed by atoms with Gasteiger partial charge in [-0.25, -0.2) is 0 Å². The van der Waals surface area contributed by atoms with E-state index in [-0.39, 0.29) is 5.91 Å². The normalized spacial score (nSPS) is 11.3. The molecule has 0 unspecified atom stereocenters. The van der Waals surface area contributed by atoms with Crippen LogP contribution in [-0.4, -0.2) is 56.7 Å². The third kappa shape index (κ3) is 5.42. The van der Waals surface area contributed by atoms with E-state index in [1.165, 1.54) is 0 Å². The van der Waals surface area contributed by atoms with Crippen molar-refractivity contribution < 1.29 is 9.59 Å². The van der Waals surface area contributed by atoms with Gasteiger partial charge < -0.3 is 20.2 Å². The Hall–Kier alpha value is -6.30. The second kappa shape index (κ2) is 12.5. The molecule has 0 aliphatic carbocycles. The highest BCUT2D eigenvalue weighted by atomic mass is 16.2. The number of nitrogens with zero attached hydrogens (tertiary/aromatic N) is 8. The third-order valence-electron chi connectivity index (χ3n) is 8.39. The van der Waals surface area contributed by atoms with E-state index in [1.54, 1.807) is 0 Å². The van der Waals surface area contributed by atoms with Gasteiger partial charge in [0.15, 0.2) is 11.3 Å².